The van der Waals surface area contributed by atoms with Crippen LogP contribution in [0.15, 0.2) is 24.3 Å². The standard InChI is InChI=1S/C16H24FNO2/c1-12(2)18-16(11-19)9-3-4-15(10-16)20-14-7-5-13(17)6-8-14/h5-8,12,15,18-19H,3-4,9-11H2,1-2H3. The van der Waals surface area contributed by atoms with E-state index < -0.39 is 0 Å². The second-order valence-electron chi connectivity index (χ2n) is 6.03. The maximum Gasteiger partial charge on any atom is 0.123 e. The monoisotopic (exact) mass is 281 g/mol. The Hall–Kier alpha value is -1.13. The molecule has 3 nitrogen and oxygen atoms in total. The van der Waals surface area contributed by atoms with Crippen LogP contribution in [0.3, 0.4) is 0 Å². The summed E-state index contributed by atoms with van der Waals surface area (Å²) in [5.41, 5.74) is -0.253. The smallest absolute Gasteiger partial charge is 0.123 e. The van der Waals surface area contributed by atoms with Crippen LogP contribution in [-0.4, -0.2) is 29.4 Å². The molecule has 112 valence electrons. The summed E-state index contributed by atoms with van der Waals surface area (Å²) in [6.07, 6.45) is 3.79. The van der Waals surface area contributed by atoms with Gasteiger partial charge in [0.15, 0.2) is 0 Å². The van der Waals surface area contributed by atoms with E-state index in [4.69, 9.17) is 4.74 Å². The molecular weight excluding hydrogens is 257 g/mol. The highest BCUT2D eigenvalue weighted by atomic mass is 19.1. The molecule has 0 radical (unpaired) electrons. The Balaban J connectivity index is 2.00. The zero-order valence-corrected chi connectivity index (χ0v) is 12.2. The molecule has 1 aliphatic carbocycles. The fraction of sp³-hybridized carbons (Fsp3) is 0.625. The van der Waals surface area contributed by atoms with Gasteiger partial charge in [-0.2, -0.15) is 0 Å². The summed E-state index contributed by atoms with van der Waals surface area (Å²) in [6, 6.07) is 6.45. The zero-order chi connectivity index (χ0) is 14.6. The van der Waals surface area contributed by atoms with Gasteiger partial charge in [0, 0.05) is 18.0 Å². The van der Waals surface area contributed by atoms with Crippen molar-refractivity contribution in [3.05, 3.63) is 30.1 Å². The van der Waals surface area contributed by atoms with Gasteiger partial charge in [0.05, 0.1) is 6.61 Å². The molecule has 0 spiro atoms. The Morgan fingerprint density at radius 3 is 2.70 bits per heavy atom. The normalized spacial score (nSPS) is 26.8. The molecule has 4 heteroatoms. The van der Waals surface area contributed by atoms with Gasteiger partial charge in [0.2, 0.25) is 0 Å². The molecule has 2 unspecified atom stereocenters. The second kappa shape index (κ2) is 6.55. The predicted molar refractivity (Wildman–Crippen MR) is 77.4 cm³/mol. The molecule has 1 fully saturated rings. The molecule has 0 amide bonds. The highest BCUT2D eigenvalue weighted by Crippen LogP contribution is 2.31. The van der Waals surface area contributed by atoms with Crippen LogP contribution in [0.5, 0.6) is 5.75 Å². The summed E-state index contributed by atoms with van der Waals surface area (Å²) < 4.78 is 18.8. The van der Waals surface area contributed by atoms with Crippen molar-refractivity contribution < 1.29 is 14.2 Å². The summed E-state index contributed by atoms with van der Waals surface area (Å²) in [5.74, 6) is 0.432. The van der Waals surface area contributed by atoms with E-state index in [-0.39, 0.29) is 24.1 Å². The van der Waals surface area contributed by atoms with Crippen molar-refractivity contribution in [3.8, 4) is 5.75 Å². The van der Waals surface area contributed by atoms with Crippen LogP contribution >= 0.6 is 0 Å². The number of aliphatic hydroxyl groups excluding tert-OH is 1. The van der Waals surface area contributed by atoms with E-state index in [1.54, 1.807) is 12.1 Å². The Labute approximate surface area is 120 Å². The van der Waals surface area contributed by atoms with E-state index in [1.165, 1.54) is 12.1 Å². The third-order valence-corrected chi connectivity index (χ3v) is 3.81. The van der Waals surface area contributed by atoms with E-state index in [0.717, 1.165) is 25.7 Å². The first-order valence-electron chi connectivity index (χ1n) is 7.34. The van der Waals surface area contributed by atoms with Crippen LogP contribution in [0.1, 0.15) is 39.5 Å². The summed E-state index contributed by atoms with van der Waals surface area (Å²) in [7, 11) is 0. The Bertz CT molecular complexity index is 421. The Morgan fingerprint density at radius 2 is 2.10 bits per heavy atom. The second-order valence-corrected chi connectivity index (χ2v) is 6.03. The van der Waals surface area contributed by atoms with Crippen molar-refractivity contribution in [1.82, 2.24) is 5.32 Å². The van der Waals surface area contributed by atoms with Crippen molar-refractivity contribution in [2.45, 2.75) is 57.2 Å². The number of nitrogens with one attached hydrogen (secondary N) is 1. The lowest BCUT2D eigenvalue weighted by Crippen LogP contribution is -2.55. The molecule has 0 aliphatic heterocycles. The van der Waals surface area contributed by atoms with Crippen LogP contribution < -0.4 is 10.1 Å². The van der Waals surface area contributed by atoms with Gasteiger partial charge in [-0.3, -0.25) is 0 Å². The SMILES string of the molecule is CC(C)NC1(CO)CCCC(Oc2ccc(F)cc2)C1. The van der Waals surface area contributed by atoms with Gasteiger partial charge in [-0.15, -0.1) is 0 Å². The van der Waals surface area contributed by atoms with Crippen LogP contribution in [0, 0.1) is 5.82 Å². The quantitative estimate of drug-likeness (QED) is 0.872. The van der Waals surface area contributed by atoms with Gasteiger partial charge in [0.25, 0.3) is 0 Å². The number of rotatable bonds is 5. The predicted octanol–water partition coefficient (Wildman–Crippen LogP) is 2.88. The highest BCUT2D eigenvalue weighted by Gasteiger charge is 2.37. The van der Waals surface area contributed by atoms with E-state index in [9.17, 15) is 9.50 Å². The molecule has 2 atom stereocenters. The van der Waals surface area contributed by atoms with Crippen LogP contribution in [0.25, 0.3) is 0 Å². The molecule has 20 heavy (non-hydrogen) atoms. The van der Waals surface area contributed by atoms with Crippen LogP contribution in [0.4, 0.5) is 4.39 Å². The molecule has 2 N–H and O–H groups in total. The number of hydrogen-bond donors (Lipinski definition) is 2. The van der Waals surface area contributed by atoms with Gasteiger partial charge < -0.3 is 15.2 Å². The van der Waals surface area contributed by atoms with Gasteiger partial charge >= 0.3 is 0 Å². The van der Waals surface area contributed by atoms with E-state index in [1.807, 2.05) is 0 Å². The fourth-order valence-electron chi connectivity index (χ4n) is 3.05. The highest BCUT2D eigenvalue weighted by molar-refractivity contribution is 5.22. The van der Waals surface area contributed by atoms with Crippen LogP contribution in [-0.2, 0) is 0 Å². The van der Waals surface area contributed by atoms with E-state index in [0.29, 0.717) is 11.8 Å². The molecule has 1 aliphatic rings. The maximum absolute atomic E-state index is 12.9. The van der Waals surface area contributed by atoms with Gasteiger partial charge in [-0.05, 0) is 43.5 Å². The first-order valence-corrected chi connectivity index (χ1v) is 7.34. The zero-order valence-electron chi connectivity index (χ0n) is 12.2. The van der Waals surface area contributed by atoms with Gasteiger partial charge in [-0.25, -0.2) is 4.39 Å². The van der Waals surface area contributed by atoms with Crippen molar-refractivity contribution in [1.29, 1.82) is 0 Å². The fourth-order valence-corrected chi connectivity index (χ4v) is 3.05. The van der Waals surface area contributed by atoms with Crippen molar-refractivity contribution in [3.63, 3.8) is 0 Å². The van der Waals surface area contributed by atoms with Crippen LogP contribution in [0.2, 0.25) is 0 Å². The minimum atomic E-state index is -0.257. The number of halogens is 1. The number of benzene rings is 1. The van der Waals surface area contributed by atoms with Crippen molar-refractivity contribution in [2.75, 3.05) is 6.61 Å². The molecule has 0 saturated heterocycles. The molecule has 0 bridgehead atoms. The Kier molecular flexibility index (Phi) is 5.00. The van der Waals surface area contributed by atoms with Crippen molar-refractivity contribution >= 4 is 0 Å². The lowest BCUT2D eigenvalue weighted by Gasteiger charge is -2.41. The topological polar surface area (TPSA) is 41.5 Å². The lowest BCUT2D eigenvalue weighted by molar-refractivity contribution is 0.0461. The molecular formula is C16H24FNO2. The third-order valence-electron chi connectivity index (χ3n) is 3.81. The molecule has 2 rings (SSSR count). The molecule has 1 aromatic rings. The lowest BCUT2D eigenvalue weighted by atomic mass is 9.80. The molecule has 1 aromatic carbocycles. The average Bonchev–Trinajstić information content (AvgIpc) is 2.41. The number of ether oxygens (including phenoxy) is 1. The maximum atomic E-state index is 12.9. The van der Waals surface area contributed by atoms with E-state index in [2.05, 4.69) is 19.2 Å². The largest absolute Gasteiger partial charge is 0.490 e. The van der Waals surface area contributed by atoms with E-state index >= 15 is 0 Å². The summed E-state index contributed by atoms with van der Waals surface area (Å²) in [5, 5.41) is 13.2. The number of hydrogen-bond acceptors (Lipinski definition) is 3. The molecule has 1 saturated carbocycles. The number of aliphatic hydroxyl groups is 1. The minimum absolute atomic E-state index is 0.0626. The summed E-state index contributed by atoms with van der Waals surface area (Å²) in [6.45, 7) is 4.29. The molecule has 0 aromatic heterocycles. The molecule has 0 heterocycles. The van der Waals surface area contributed by atoms with Gasteiger partial charge in [0.1, 0.15) is 17.7 Å². The average molecular weight is 281 g/mol. The van der Waals surface area contributed by atoms with Crippen molar-refractivity contribution in [2.24, 2.45) is 0 Å². The third kappa shape index (κ3) is 3.93. The first-order chi connectivity index (χ1) is 9.53. The summed E-state index contributed by atoms with van der Waals surface area (Å²) in [4.78, 5) is 0. The van der Waals surface area contributed by atoms with Gasteiger partial charge in [-0.1, -0.05) is 13.8 Å². The Morgan fingerprint density at radius 1 is 1.40 bits per heavy atom. The minimum Gasteiger partial charge on any atom is -0.490 e. The first kappa shape index (κ1) is 15.3. The summed E-state index contributed by atoms with van der Waals surface area (Å²) >= 11 is 0.